The van der Waals surface area contributed by atoms with E-state index in [9.17, 15) is 10.2 Å². The van der Waals surface area contributed by atoms with Gasteiger partial charge in [0, 0.05) is 17.4 Å². The molecule has 0 radical (unpaired) electrons. The van der Waals surface area contributed by atoms with E-state index < -0.39 is 17.8 Å². The number of hydrogen-bond donors (Lipinski definition) is 3. The zero-order chi connectivity index (χ0) is 25.2. The first-order valence-electron chi connectivity index (χ1n) is 13.4. The highest BCUT2D eigenvalue weighted by Gasteiger charge is 2.68. The van der Waals surface area contributed by atoms with Crippen LogP contribution in [0.1, 0.15) is 57.3 Å². The van der Waals surface area contributed by atoms with Gasteiger partial charge >= 0.3 is 0 Å². The molecule has 0 amide bonds. The average molecular weight is 488 g/mol. The van der Waals surface area contributed by atoms with Gasteiger partial charge in [-0.05, 0) is 94.5 Å². The van der Waals surface area contributed by atoms with Gasteiger partial charge in [-0.2, -0.15) is 0 Å². The highest BCUT2D eigenvalue weighted by molar-refractivity contribution is 5.83. The highest BCUT2D eigenvalue weighted by Crippen LogP contribution is 2.69. The molecule has 7 unspecified atom stereocenters. The molecule has 6 nitrogen and oxygen atoms in total. The Bertz CT molecular complexity index is 1380. The van der Waals surface area contributed by atoms with E-state index in [-0.39, 0.29) is 17.1 Å². The molecule has 1 aromatic carbocycles. The zero-order valence-electron chi connectivity index (χ0n) is 21.9. The number of hydrogen-bond acceptors (Lipinski definition) is 5. The topological polar surface area (TPSA) is 81.6 Å². The van der Waals surface area contributed by atoms with E-state index in [0.717, 1.165) is 54.5 Å². The molecule has 5 aliphatic rings. The maximum absolute atomic E-state index is 11.2. The molecule has 1 saturated heterocycles. The second kappa shape index (κ2) is 7.19. The Hall–Kier alpha value is -2.25. The maximum atomic E-state index is 11.2. The maximum Gasteiger partial charge on any atom is 0.105 e. The predicted octanol–water partition coefficient (Wildman–Crippen LogP) is 4.28. The van der Waals surface area contributed by atoms with Crippen LogP contribution in [0.3, 0.4) is 0 Å². The number of allylic oxidation sites excluding steroid dienone is 3. The molecule has 36 heavy (non-hydrogen) atoms. The van der Waals surface area contributed by atoms with Crippen LogP contribution in [0.25, 0.3) is 16.6 Å². The summed E-state index contributed by atoms with van der Waals surface area (Å²) in [5.41, 5.74) is 7.42. The van der Waals surface area contributed by atoms with Crippen LogP contribution in [0.2, 0.25) is 0 Å². The van der Waals surface area contributed by atoms with Gasteiger partial charge in [0.25, 0.3) is 0 Å². The van der Waals surface area contributed by atoms with Gasteiger partial charge in [-0.1, -0.05) is 30.7 Å². The van der Waals surface area contributed by atoms with E-state index in [2.05, 4.69) is 54.2 Å². The Kier molecular flexibility index (Phi) is 4.58. The largest absolute Gasteiger partial charge is 0.388 e. The van der Waals surface area contributed by atoms with Crippen molar-refractivity contribution in [1.82, 2.24) is 14.9 Å². The van der Waals surface area contributed by atoms with E-state index in [1.807, 2.05) is 25.9 Å². The van der Waals surface area contributed by atoms with Gasteiger partial charge in [-0.25, -0.2) is 4.98 Å². The summed E-state index contributed by atoms with van der Waals surface area (Å²) in [5, 5.41) is 22.2. The van der Waals surface area contributed by atoms with Gasteiger partial charge in [0.1, 0.15) is 11.9 Å². The Morgan fingerprint density at radius 2 is 1.97 bits per heavy atom. The third-order valence-electron chi connectivity index (χ3n) is 10.3. The first kappa shape index (κ1) is 22.9. The van der Waals surface area contributed by atoms with Crippen LogP contribution in [0.4, 0.5) is 0 Å². The molecular weight excluding hydrogens is 450 g/mol. The number of aliphatic hydroxyl groups excluding tert-OH is 2. The molecule has 2 aliphatic heterocycles. The van der Waals surface area contributed by atoms with Crippen molar-refractivity contribution in [1.29, 1.82) is 0 Å². The first-order chi connectivity index (χ1) is 17.1. The van der Waals surface area contributed by atoms with Crippen molar-refractivity contribution in [2.75, 3.05) is 14.1 Å². The summed E-state index contributed by atoms with van der Waals surface area (Å²) in [4.78, 5) is 10.0. The van der Waals surface area contributed by atoms with Crippen LogP contribution >= 0.6 is 0 Å². The summed E-state index contributed by atoms with van der Waals surface area (Å²) in [6.07, 6.45) is 7.54. The lowest BCUT2D eigenvalue weighted by atomic mass is 9.56. The number of fused-ring (bicyclic) bond motifs is 2. The summed E-state index contributed by atoms with van der Waals surface area (Å²) in [6, 6.07) is 6.49. The van der Waals surface area contributed by atoms with Crippen molar-refractivity contribution >= 4 is 16.6 Å². The standard InChI is InChI=1S/C30H37N3O3/c1-16-14-28(3)19(18-6-8-22-23(12-18)32-17(2)31-22)7-9-25(28)30-11-10-29(36-30)15-24(33(4)5)27(35)26(34)21(29)13-20(16)30/h6-8,12-13,24-27,34-35H,9-11,14-15H2,1-5H3,(H,31,32). The highest BCUT2D eigenvalue weighted by atomic mass is 16.5. The normalized spacial score (nSPS) is 41.3. The molecule has 190 valence electrons. The van der Waals surface area contributed by atoms with Gasteiger partial charge in [0.2, 0.25) is 0 Å². The summed E-state index contributed by atoms with van der Waals surface area (Å²) < 4.78 is 7.31. The van der Waals surface area contributed by atoms with Crippen molar-refractivity contribution in [2.24, 2.45) is 11.3 Å². The number of likely N-dealkylation sites (N-methyl/N-ethyl adjacent to an activating group) is 1. The van der Waals surface area contributed by atoms with Crippen molar-refractivity contribution < 1.29 is 14.9 Å². The fraction of sp³-hybridized carbons (Fsp3) is 0.567. The lowest BCUT2D eigenvalue weighted by Crippen LogP contribution is -2.62. The Balaban J connectivity index is 1.33. The molecule has 7 atom stereocenters. The van der Waals surface area contributed by atoms with E-state index in [1.54, 1.807) is 0 Å². The third kappa shape index (κ3) is 2.74. The molecule has 6 heteroatoms. The van der Waals surface area contributed by atoms with Gasteiger partial charge in [-0.15, -0.1) is 0 Å². The number of rotatable bonds is 2. The molecule has 2 fully saturated rings. The minimum Gasteiger partial charge on any atom is -0.388 e. The Morgan fingerprint density at radius 3 is 2.75 bits per heavy atom. The molecular formula is C30H37N3O3. The Morgan fingerprint density at radius 1 is 1.17 bits per heavy atom. The average Bonchev–Trinajstić information content (AvgIpc) is 3.46. The lowest BCUT2D eigenvalue weighted by Gasteiger charge is -2.56. The number of benzene rings is 1. The van der Waals surface area contributed by atoms with Crippen LogP contribution in [-0.2, 0) is 4.74 Å². The summed E-state index contributed by atoms with van der Waals surface area (Å²) >= 11 is 0. The minimum atomic E-state index is -0.891. The number of aromatic amines is 1. The summed E-state index contributed by atoms with van der Waals surface area (Å²) in [6.45, 7) is 6.68. The predicted molar refractivity (Wildman–Crippen MR) is 140 cm³/mol. The van der Waals surface area contributed by atoms with E-state index in [4.69, 9.17) is 4.74 Å². The molecule has 3 aliphatic carbocycles. The van der Waals surface area contributed by atoms with Crippen LogP contribution in [0.5, 0.6) is 0 Å². The number of H-pyrrole nitrogens is 1. The van der Waals surface area contributed by atoms with Crippen molar-refractivity contribution in [3.8, 4) is 0 Å². The fourth-order valence-corrected chi connectivity index (χ4v) is 8.75. The monoisotopic (exact) mass is 487 g/mol. The Labute approximate surface area is 212 Å². The molecule has 2 spiro atoms. The number of nitrogens with one attached hydrogen (secondary N) is 1. The van der Waals surface area contributed by atoms with Gasteiger partial charge in [0.15, 0.2) is 0 Å². The van der Waals surface area contributed by atoms with E-state index in [1.165, 1.54) is 22.3 Å². The summed E-state index contributed by atoms with van der Waals surface area (Å²) in [5.74, 6) is 1.29. The number of nitrogens with zero attached hydrogens (tertiary/aromatic N) is 2. The van der Waals surface area contributed by atoms with Crippen molar-refractivity contribution in [3.63, 3.8) is 0 Å². The minimum absolute atomic E-state index is 0.0268. The smallest absolute Gasteiger partial charge is 0.105 e. The first-order valence-corrected chi connectivity index (χ1v) is 13.4. The fourth-order valence-electron chi connectivity index (χ4n) is 8.75. The number of aryl methyl sites for hydroxylation is 1. The van der Waals surface area contributed by atoms with Gasteiger partial charge < -0.3 is 24.8 Å². The third-order valence-corrected chi connectivity index (χ3v) is 10.3. The van der Waals surface area contributed by atoms with Gasteiger partial charge in [0.05, 0.1) is 28.3 Å². The molecule has 2 bridgehead atoms. The number of aromatic nitrogens is 2. The summed E-state index contributed by atoms with van der Waals surface area (Å²) in [7, 11) is 3.97. The molecule has 1 saturated carbocycles. The van der Waals surface area contributed by atoms with Crippen LogP contribution in [0.15, 0.2) is 47.1 Å². The van der Waals surface area contributed by atoms with Crippen molar-refractivity contribution in [2.45, 2.75) is 82.3 Å². The molecule has 2 aromatic rings. The number of ether oxygens (including phenoxy) is 1. The molecule has 3 N–H and O–H groups in total. The lowest BCUT2D eigenvalue weighted by molar-refractivity contribution is -0.162. The van der Waals surface area contributed by atoms with Crippen LogP contribution in [0, 0.1) is 18.3 Å². The quantitative estimate of drug-likeness (QED) is 0.589. The van der Waals surface area contributed by atoms with E-state index in [0.29, 0.717) is 5.92 Å². The number of imidazole rings is 1. The van der Waals surface area contributed by atoms with E-state index >= 15 is 0 Å². The van der Waals surface area contributed by atoms with Crippen molar-refractivity contribution in [3.05, 3.63) is 58.5 Å². The SMILES string of the molecule is CC1=C2C=C3C(O)C(O)C(N(C)C)CC34CCC2(O4)C2CC=C(c3ccc4nc(C)[nH]c4c3)C2(C)C1. The molecule has 3 heterocycles. The second-order valence-corrected chi connectivity index (χ2v) is 12.5. The van der Waals surface area contributed by atoms with Gasteiger partial charge in [-0.3, -0.25) is 0 Å². The zero-order valence-corrected chi connectivity index (χ0v) is 21.9. The number of aliphatic hydroxyl groups is 2. The molecule has 7 rings (SSSR count). The molecule has 1 aromatic heterocycles. The van der Waals surface area contributed by atoms with Crippen LogP contribution in [-0.4, -0.2) is 68.6 Å². The second-order valence-electron chi connectivity index (χ2n) is 12.5. The van der Waals surface area contributed by atoms with Crippen LogP contribution < -0.4 is 0 Å².